The SMILES string of the molecule is CC(C)N(C)C(=O)COc1c(Br)cc(CO)cc1Br. The van der Waals surface area contributed by atoms with Crippen LogP contribution in [0.25, 0.3) is 0 Å². The molecule has 106 valence electrons. The normalized spacial score (nSPS) is 10.7. The standard InChI is InChI=1S/C13H17Br2NO3/c1-8(2)16(3)12(18)7-19-13-10(14)4-9(6-17)5-11(13)15/h4-5,8,17H,6-7H2,1-3H3. The summed E-state index contributed by atoms with van der Waals surface area (Å²) in [5.74, 6) is 0.475. The number of benzene rings is 1. The Labute approximate surface area is 130 Å². The molecule has 1 aromatic rings. The molecule has 0 radical (unpaired) electrons. The Hall–Kier alpha value is -0.590. The lowest BCUT2D eigenvalue weighted by molar-refractivity contribution is -0.133. The van der Waals surface area contributed by atoms with Gasteiger partial charge in [-0.3, -0.25) is 4.79 Å². The van der Waals surface area contributed by atoms with E-state index in [1.54, 1.807) is 24.1 Å². The minimum absolute atomic E-state index is 0.0235. The second kappa shape index (κ2) is 7.26. The average molecular weight is 395 g/mol. The van der Waals surface area contributed by atoms with Gasteiger partial charge >= 0.3 is 0 Å². The van der Waals surface area contributed by atoms with Gasteiger partial charge in [0.25, 0.3) is 5.91 Å². The second-order valence-electron chi connectivity index (χ2n) is 4.43. The summed E-state index contributed by atoms with van der Waals surface area (Å²) < 4.78 is 6.93. The van der Waals surface area contributed by atoms with Crippen molar-refractivity contribution in [3.63, 3.8) is 0 Å². The van der Waals surface area contributed by atoms with E-state index in [2.05, 4.69) is 31.9 Å². The first kappa shape index (κ1) is 16.5. The lowest BCUT2D eigenvalue weighted by atomic mass is 10.2. The van der Waals surface area contributed by atoms with Gasteiger partial charge in [0.1, 0.15) is 5.75 Å². The largest absolute Gasteiger partial charge is 0.481 e. The van der Waals surface area contributed by atoms with E-state index < -0.39 is 0 Å². The van der Waals surface area contributed by atoms with Crippen LogP contribution in [0.15, 0.2) is 21.1 Å². The topological polar surface area (TPSA) is 49.8 Å². The smallest absolute Gasteiger partial charge is 0.260 e. The van der Waals surface area contributed by atoms with E-state index in [1.807, 2.05) is 13.8 Å². The molecule has 0 spiro atoms. The molecule has 6 heteroatoms. The summed E-state index contributed by atoms with van der Waals surface area (Å²) >= 11 is 6.73. The molecule has 0 aliphatic carbocycles. The van der Waals surface area contributed by atoms with Gasteiger partial charge in [0.15, 0.2) is 6.61 Å². The van der Waals surface area contributed by atoms with E-state index in [4.69, 9.17) is 9.84 Å². The van der Waals surface area contributed by atoms with Crippen molar-refractivity contribution in [3.8, 4) is 5.75 Å². The number of carbonyl (C=O) groups is 1. The van der Waals surface area contributed by atoms with Crippen molar-refractivity contribution in [1.82, 2.24) is 4.90 Å². The number of hydrogen-bond acceptors (Lipinski definition) is 3. The summed E-state index contributed by atoms with van der Waals surface area (Å²) in [6.07, 6.45) is 0. The molecule has 19 heavy (non-hydrogen) atoms. The highest BCUT2D eigenvalue weighted by Gasteiger charge is 2.15. The van der Waals surface area contributed by atoms with Gasteiger partial charge in [-0.2, -0.15) is 0 Å². The van der Waals surface area contributed by atoms with Crippen molar-refractivity contribution in [2.75, 3.05) is 13.7 Å². The van der Waals surface area contributed by atoms with E-state index in [9.17, 15) is 4.79 Å². The molecule has 0 heterocycles. The van der Waals surface area contributed by atoms with Gasteiger partial charge < -0.3 is 14.7 Å². The highest BCUT2D eigenvalue weighted by atomic mass is 79.9. The molecule has 1 amide bonds. The number of halogens is 2. The number of carbonyl (C=O) groups excluding carboxylic acids is 1. The van der Waals surface area contributed by atoms with Gasteiger partial charge in [-0.25, -0.2) is 0 Å². The van der Waals surface area contributed by atoms with Crippen molar-refractivity contribution in [2.24, 2.45) is 0 Å². The molecule has 0 fully saturated rings. The summed E-state index contributed by atoms with van der Waals surface area (Å²) in [6.45, 7) is 3.82. The van der Waals surface area contributed by atoms with Crippen LogP contribution in [-0.4, -0.2) is 35.6 Å². The maximum Gasteiger partial charge on any atom is 0.260 e. The van der Waals surface area contributed by atoms with Crippen molar-refractivity contribution in [2.45, 2.75) is 26.5 Å². The zero-order chi connectivity index (χ0) is 14.6. The average Bonchev–Trinajstić information content (AvgIpc) is 2.35. The molecule has 0 bridgehead atoms. The van der Waals surface area contributed by atoms with Gasteiger partial charge in [-0.05, 0) is 63.4 Å². The maximum absolute atomic E-state index is 11.8. The third kappa shape index (κ3) is 4.47. The van der Waals surface area contributed by atoms with Gasteiger partial charge in [0.05, 0.1) is 15.6 Å². The molecule has 0 atom stereocenters. The minimum atomic E-state index is -0.0833. The third-order valence-electron chi connectivity index (χ3n) is 2.75. The molecule has 0 aliphatic rings. The summed E-state index contributed by atoms with van der Waals surface area (Å²) in [7, 11) is 1.75. The Morgan fingerprint density at radius 1 is 1.37 bits per heavy atom. The van der Waals surface area contributed by atoms with Crippen molar-refractivity contribution in [1.29, 1.82) is 0 Å². The first-order valence-corrected chi connectivity index (χ1v) is 7.42. The van der Waals surface area contributed by atoms with E-state index in [0.717, 1.165) is 5.56 Å². The molecular weight excluding hydrogens is 378 g/mol. The third-order valence-corrected chi connectivity index (χ3v) is 3.93. The van der Waals surface area contributed by atoms with E-state index in [-0.39, 0.29) is 25.2 Å². The summed E-state index contributed by atoms with van der Waals surface area (Å²) in [5, 5.41) is 9.09. The number of ether oxygens (including phenoxy) is 1. The highest BCUT2D eigenvalue weighted by molar-refractivity contribution is 9.11. The zero-order valence-corrected chi connectivity index (χ0v) is 14.3. The minimum Gasteiger partial charge on any atom is -0.481 e. The molecule has 0 aliphatic heterocycles. The number of hydrogen-bond donors (Lipinski definition) is 1. The fraction of sp³-hybridized carbons (Fsp3) is 0.462. The van der Waals surface area contributed by atoms with Crippen LogP contribution < -0.4 is 4.74 Å². The molecule has 1 aromatic carbocycles. The Morgan fingerprint density at radius 2 is 1.89 bits per heavy atom. The Kier molecular flexibility index (Phi) is 6.29. The van der Waals surface area contributed by atoms with Crippen LogP contribution in [0.5, 0.6) is 5.75 Å². The predicted molar refractivity (Wildman–Crippen MR) is 81.2 cm³/mol. The highest BCUT2D eigenvalue weighted by Crippen LogP contribution is 2.34. The van der Waals surface area contributed by atoms with Crippen molar-refractivity contribution in [3.05, 3.63) is 26.6 Å². The van der Waals surface area contributed by atoms with Crippen LogP contribution in [0.4, 0.5) is 0 Å². The van der Waals surface area contributed by atoms with Gasteiger partial charge in [0, 0.05) is 13.1 Å². The quantitative estimate of drug-likeness (QED) is 0.835. The van der Waals surface area contributed by atoms with E-state index >= 15 is 0 Å². The fourth-order valence-electron chi connectivity index (χ4n) is 1.37. The molecule has 0 saturated carbocycles. The molecule has 4 nitrogen and oxygen atoms in total. The first-order valence-electron chi connectivity index (χ1n) is 5.84. The zero-order valence-electron chi connectivity index (χ0n) is 11.1. The van der Waals surface area contributed by atoms with Crippen molar-refractivity contribution < 1.29 is 14.6 Å². The molecule has 0 unspecified atom stereocenters. The van der Waals surface area contributed by atoms with Crippen LogP contribution in [0, 0.1) is 0 Å². The van der Waals surface area contributed by atoms with Crippen LogP contribution in [0.2, 0.25) is 0 Å². The number of nitrogens with zero attached hydrogens (tertiary/aromatic N) is 1. The fourth-order valence-corrected chi connectivity index (χ4v) is 2.88. The number of aliphatic hydroxyl groups is 1. The summed E-state index contributed by atoms with van der Waals surface area (Å²) in [6, 6.07) is 3.66. The van der Waals surface area contributed by atoms with E-state index in [0.29, 0.717) is 14.7 Å². The lowest BCUT2D eigenvalue weighted by Gasteiger charge is -2.21. The molecule has 1 N–H and O–H groups in total. The van der Waals surface area contributed by atoms with Gasteiger partial charge in [-0.15, -0.1) is 0 Å². The first-order chi connectivity index (χ1) is 8.86. The number of likely N-dealkylation sites (N-methyl/N-ethyl adjacent to an activating group) is 1. The molecule has 0 aromatic heterocycles. The predicted octanol–water partition coefficient (Wildman–Crippen LogP) is 2.95. The van der Waals surface area contributed by atoms with Crippen LogP contribution in [0.1, 0.15) is 19.4 Å². The van der Waals surface area contributed by atoms with Crippen LogP contribution in [-0.2, 0) is 11.4 Å². The Bertz CT molecular complexity index is 440. The van der Waals surface area contributed by atoms with Gasteiger partial charge in [0.2, 0.25) is 0 Å². The number of amides is 1. The number of rotatable bonds is 5. The van der Waals surface area contributed by atoms with Crippen LogP contribution >= 0.6 is 31.9 Å². The Morgan fingerprint density at radius 3 is 2.32 bits per heavy atom. The maximum atomic E-state index is 11.8. The Balaban J connectivity index is 2.76. The summed E-state index contributed by atoms with van der Waals surface area (Å²) in [5.41, 5.74) is 0.761. The lowest BCUT2D eigenvalue weighted by Crippen LogP contribution is -2.36. The van der Waals surface area contributed by atoms with Gasteiger partial charge in [-0.1, -0.05) is 0 Å². The van der Waals surface area contributed by atoms with Crippen molar-refractivity contribution >= 4 is 37.8 Å². The molecule has 0 saturated heterocycles. The summed E-state index contributed by atoms with van der Waals surface area (Å²) in [4.78, 5) is 13.5. The van der Waals surface area contributed by atoms with Crippen LogP contribution in [0.3, 0.4) is 0 Å². The molecular formula is C13H17Br2NO3. The molecule has 1 rings (SSSR count). The van der Waals surface area contributed by atoms with E-state index in [1.165, 1.54) is 0 Å². The number of aliphatic hydroxyl groups excluding tert-OH is 1. The monoisotopic (exact) mass is 393 g/mol. The second-order valence-corrected chi connectivity index (χ2v) is 6.14.